The van der Waals surface area contributed by atoms with Gasteiger partial charge in [-0.25, -0.2) is 10.3 Å². The fourth-order valence-electron chi connectivity index (χ4n) is 7.12. The highest BCUT2D eigenvalue weighted by molar-refractivity contribution is 5.98. The van der Waals surface area contributed by atoms with Gasteiger partial charge in [0.1, 0.15) is 5.60 Å². The van der Waals surface area contributed by atoms with Crippen molar-refractivity contribution in [2.75, 3.05) is 0 Å². The van der Waals surface area contributed by atoms with E-state index in [1.165, 1.54) is 32.9 Å². The molecule has 10 nitrogen and oxygen atoms in total. The van der Waals surface area contributed by atoms with Gasteiger partial charge in [-0.3, -0.25) is 24.5 Å². The molecule has 1 saturated carbocycles. The van der Waals surface area contributed by atoms with E-state index in [1.807, 2.05) is 38.1 Å². The Morgan fingerprint density at radius 1 is 0.980 bits per heavy atom. The minimum absolute atomic E-state index is 0.102. The summed E-state index contributed by atoms with van der Waals surface area (Å²) in [4.78, 5) is 59.1. The van der Waals surface area contributed by atoms with E-state index in [0.717, 1.165) is 35.2 Å². The van der Waals surface area contributed by atoms with Crippen molar-refractivity contribution < 1.29 is 37.7 Å². The second-order valence-electron chi connectivity index (χ2n) is 14.2. The number of ether oxygens (including phenoxy) is 1. The summed E-state index contributed by atoms with van der Waals surface area (Å²) in [7, 11) is 0. The summed E-state index contributed by atoms with van der Waals surface area (Å²) in [5.41, 5.74) is 5.12. The van der Waals surface area contributed by atoms with Gasteiger partial charge in [-0.15, -0.1) is 0 Å². The van der Waals surface area contributed by atoms with Crippen LogP contribution in [-0.2, 0) is 31.7 Å². The molecule has 0 bridgehead atoms. The molecule has 1 N–H and O–H groups in total. The lowest BCUT2D eigenvalue weighted by molar-refractivity contribution is -0.533. The highest BCUT2D eigenvalue weighted by Gasteiger charge is 2.50. The van der Waals surface area contributed by atoms with Crippen LogP contribution in [0.25, 0.3) is 0 Å². The van der Waals surface area contributed by atoms with Crippen molar-refractivity contribution in [2.45, 2.75) is 109 Å². The first-order valence-corrected chi connectivity index (χ1v) is 16.8. The predicted molar refractivity (Wildman–Crippen MR) is 181 cm³/mol. The van der Waals surface area contributed by atoms with E-state index in [9.17, 15) is 33.3 Å². The lowest BCUT2D eigenvalue weighted by atomic mass is 9.74. The summed E-state index contributed by atoms with van der Waals surface area (Å²) < 4.78 is 34.3. The van der Waals surface area contributed by atoms with Crippen LogP contribution in [0.15, 0.2) is 66.7 Å². The van der Waals surface area contributed by atoms with Crippen LogP contribution in [-0.4, -0.2) is 45.3 Å². The number of alkyl halides is 2. The van der Waals surface area contributed by atoms with E-state index >= 15 is 0 Å². The Labute approximate surface area is 290 Å². The topological polar surface area (TPSA) is 128 Å². The zero-order chi connectivity index (χ0) is 36.4. The third-order valence-corrected chi connectivity index (χ3v) is 9.37. The highest BCUT2D eigenvalue weighted by Crippen LogP contribution is 2.48. The van der Waals surface area contributed by atoms with Gasteiger partial charge in [-0.05, 0) is 75.8 Å². The standard InChI is InChI=1S/C38H43F2N3O7/c1-23-14-19-27(24(2)20-23)34-30(28-10-6-7-11-29(28)35(45)42(34)31-12-8-9-13-32(31)43(47)48)21-33(44)41-49-22-25-15-17-26(18-16-25)38(39,40)36(46)50-37(3,4)5/h6-7,10-11,14-20,30-32,34H,8-9,12-13,21-22H2,1-5H3,(H,41,44)/t30-,31+,32+,34+/m1/s1. The molecular weight excluding hydrogens is 648 g/mol. The number of rotatable bonds is 10. The van der Waals surface area contributed by atoms with E-state index in [4.69, 9.17) is 9.57 Å². The maximum Gasteiger partial charge on any atom is 0.382 e. The molecule has 1 heterocycles. The van der Waals surface area contributed by atoms with E-state index < -0.39 is 53.0 Å². The molecule has 0 radical (unpaired) electrons. The van der Waals surface area contributed by atoms with Gasteiger partial charge in [-0.1, -0.05) is 72.6 Å². The van der Waals surface area contributed by atoms with Crippen LogP contribution in [0.2, 0.25) is 0 Å². The van der Waals surface area contributed by atoms with Crippen molar-refractivity contribution in [3.63, 3.8) is 0 Å². The molecule has 266 valence electrons. The number of carbonyl (C=O) groups is 3. The Morgan fingerprint density at radius 2 is 1.66 bits per heavy atom. The van der Waals surface area contributed by atoms with Gasteiger partial charge in [0, 0.05) is 34.8 Å². The number of esters is 1. The lowest BCUT2D eigenvalue weighted by Gasteiger charge is -2.47. The molecule has 2 aliphatic rings. The molecule has 0 unspecified atom stereocenters. The number of hydroxylamine groups is 1. The summed E-state index contributed by atoms with van der Waals surface area (Å²) in [5, 5.41) is 12.3. The molecule has 3 aromatic carbocycles. The fourth-order valence-corrected chi connectivity index (χ4v) is 7.12. The molecule has 50 heavy (non-hydrogen) atoms. The van der Waals surface area contributed by atoms with Gasteiger partial charge >= 0.3 is 11.9 Å². The number of carbonyl (C=O) groups excluding carboxylic acids is 3. The maximum absolute atomic E-state index is 14.7. The minimum atomic E-state index is -3.85. The van der Waals surface area contributed by atoms with Crippen LogP contribution in [0.4, 0.5) is 8.78 Å². The number of amides is 2. The number of benzene rings is 3. The van der Waals surface area contributed by atoms with Crippen LogP contribution < -0.4 is 5.48 Å². The van der Waals surface area contributed by atoms with Gasteiger partial charge in [0.2, 0.25) is 11.9 Å². The van der Waals surface area contributed by atoms with Crippen LogP contribution in [0.5, 0.6) is 0 Å². The van der Waals surface area contributed by atoms with E-state index in [-0.39, 0.29) is 23.9 Å². The molecule has 4 atom stereocenters. The predicted octanol–water partition coefficient (Wildman–Crippen LogP) is 7.24. The minimum Gasteiger partial charge on any atom is -0.455 e. The summed E-state index contributed by atoms with van der Waals surface area (Å²) in [6.07, 6.45) is 2.19. The number of halogens is 2. The van der Waals surface area contributed by atoms with Crippen molar-refractivity contribution >= 4 is 17.8 Å². The Balaban J connectivity index is 1.38. The van der Waals surface area contributed by atoms with E-state index in [1.54, 1.807) is 23.1 Å². The third kappa shape index (κ3) is 7.85. The second kappa shape index (κ2) is 14.6. The lowest BCUT2D eigenvalue weighted by Crippen LogP contribution is -2.56. The fraction of sp³-hybridized carbons (Fsp3) is 0.447. The van der Waals surface area contributed by atoms with Gasteiger partial charge in [-0.2, -0.15) is 8.78 Å². The highest BCUT2D eigenvalue weighted by atomic mass is 19.3. The zero-order valence-corrected chi connectivity index (χ0v) is 28.9. The molecular formula is C38H43F2N3O7. The maximum atomic E-state index is 14.7. The summed E-state index contributed by atoms with van der Waals surface area (Å²) in [6.45, 7) is 8.26. The van der Waals surface area contributed by atoms with Gasteiger partial charge in [0.05, 0.1) is 18.7 Å². The first kappa shape index (κ1) is 36.6. The Kier molecular flexibility index (Phi) is 10.7. The molecule has 1 fully saturated rings. The van der Waals surface area contributed by atoms with Crippen molar-refractivity contribution in [3.05, 3.63) is 116 Å². The first-order valence-electron chi connectivity index (χ1n) is 16.8. The Morgan fingerprint density at radius 3 is 2.32 bits per heavy atom. The van der Waals surface area contributed by atoms with Gasteiger partial charge in [0.25, 0.3) is 5.91 Å². The summed E-state index contributed by atoms with van der Waals surface area (Å²) in [6, 6.07) is 15.6. The first-order chi connectivity index (χ1) is 23.6. The summed E-state index contributed by atoms with van der Waals surface area (Å²) >= 11 is 0. The molecule has 2 amide bonds. The third-order valence-electron chi connectivity index (χ3n) is 9.37. The molecule has 5 rings (SSSR count). The van der Waals surface area contributed by atoms with Gasteiger partial charge < -0.3 is 9.64 Å². The normalized spacial score (nSPS) is 20.9. The van der Waals surface area contributed by atoms with Crippen LogP contribution in [0.3, 0.4) is 0 Å². The molecule has 3 aromatic rings. The SMILES string of the molecule is Cc1ccc([C@H]2[C@H](CC(=O)NOCc3ccc(C(F)(F)C(=O)OC(C)(C)C)cc3)c3ccccc3C(=O)N2[C@H]2CCCC[C@@H]2[N+](=O)[O-])c(C)c1. The van der Waals surface area contributed by atoms with Crippen molar-refractivity contribution in [2.24, 2.45) is 0 Å². The van der Waals surface area contributed by atoms with E-state index in [2.05, 4.69) is 5.48 Å². The molecule has 0 aromatic heterocycles. The quantitative estimate of drug-likeness (QED) is 0.135. The average molecular weight is 692 g/mol. The molecule has 1 aliphatic heterocycles. The van der Waals surface area contributed by atoms with Crippen molar-refractivity contribution in [1.29, 1.82) is 0 Å². The molecule has 0 spiro atoms. The monoisotopic (exact) mass is 691 g/mol. The zero-order valence-electron chi connectivity index (χ0n) is 28.9. The van der Waals surface area contributed by atoms with Crippen LogP contribution in [0.1, 0.15) is 109 Å². The Hall–Kier alpha value is -4.71. The largest absolute Gasteiger partial charge is 0.455 e. The number of aryl methyl sites for hydroxylation is 2. The molecule has 0 saturated heterocycles. The van der Waals surface area contributed by atoms with Crippen LogP contribution in [0, 0.1) is 24.0 Å². The number of nitrogens with one attached hydrogen (secondary N) is 1. The van der Waals surface area contributed by atoms with Gasteiger partial charge in [0.15, 0.2) is 0 Å². The number of fused-ring (bicyclic) bond motifs is 1. The number of hydrogen-bond donors (Lipinski definition) is 1. The van der Waals surface area contributed by atoms with Crippen molar-refractivity contribution in [1.82, 2.24) is 10.4 Å². The number of nitrogens with zero attached hydrogens (tertiary/aromatic N) is 2. The smallest absolute Gasteiger partial charge is 0.382 e. The number of hydrogen-bond acceptors (Lipinski definition) is 7. The Bertz CT molecular complexity index is 1760. The summed E-state index contributed by atoms with van der Waals surface area (Å²) in [5.74, 6) is -6.84. The molecule has 1 aliphatic carbocycles. The number of nitro groups is 1. The van der Waals surface area contributed by atoms with Crippen molar-refractivity contribution in [3.8, 4) is 0 Å². The average Bonchev–Trinajstić information content (AvgIpc) is 3.05. The second-order valence-corrected chi connectivity index (χ2v) is 14.2. The van der Waals surface area contributed by atoms with E-state index in [0.29, 0.717) is 36.0 Å². The van der Waals surface area contributed by atoms with Crippen LogP contribution >= 0.6 is 0 Å². The molecule has 12 heteroatoms.